The van der Waals surface area contributed by atoms with Crippen LogP contribution in [0.2, 0.25) is 0 Å². The summed E-state index contributed by atoms with van der Waals surface area (Å²) < 4.78 is 8.10. The van der Waals surface area contributed by atoms with Gasteiger partial charge in [-0.2, -0.15) is 5.10 Å². The van der Waals surface area contributed by atoms with Crippen LogP contribution in [0.15, 0.2) is 12.3 Å². The fourth-order valence-electron chi connectivity index (χ4n) is 2.84. The van der Waals surface area contributed by atoms with E-state index in [1.807, 2.05) is 6.20 Å². The van der Waals surface area contributed by atoms with Gasteiger partial charge in [0.05, 0.1) is 17.8 Å². The zero-order chi connectivity index (χ0) is 13.7. The van der Waals surface area contributed by atoms with E-state index in [0.29, 0.717) is 5.92 Å². The maximum absolute atomic E-state index is 5.98. The SMILES string of the molecule is CCCNC(c1ccnn1CCC)C1OCCC1C. The van der Waals surface area contributed by atoms with Crippen LogP contribution >= 0.6 is 0 Å². The van der Waals surface area contributed by atoms with Crippen LogP contribution in [0.1, 0.15) is 51.8 Å². The summed E-state index contributed by atoms with van der Waals surface area (Å²) in [5.74, 6) is 0.610. The maximum Gasteiger partial charge on any atom is 0.0811 e. The van der Waals surface area contributed by atoms with E-state index >= 15 is 0 Å². The van der Waals surface area contributed by atoms with Gasteiger partial charge < -0.3 is 10.1 Å². The molecular formula is C15H27N3O. The normalized spacial score (nSPS) is 24.8. The third-order valence-corrected chi connectivity index (χ3v) is 3.89. The molecule has 1 aromatic rings. The Morgan fingerprint density at radius 3 is 2.95 bits per heavy atom. The van der Waals surface area contributed by atoms with Crippen LogP contribution < -0.4 is 5.32 Å². The molecule has 1 aromatic heterocycles. The first-order valence-corrected chi connectivity index (χ1v) is 7.64. The highest BCUT2D eigenvalue weighted by atomic mass is 16.5. The lowest BCUT2D eigenvalue weighted by Gasteiger charge is -2.28. The number of nitrogens with one attached hydrogen (secondary N) is 1. The Morgan fingerprint density at radius 2 is 2.32 bits per heavy atom. The molecule has 0 bridgehead atoms. The van der Waals surface area contributed by atoms with Crippen molar-refractivity contribution < 1.29 is 4.74 Å². The Balaban J connectivity index is 2.18. The van der Waals surface area contributed by atoms with Crippen LogP contribution in [0.3, 0.4) is 0 Å². The second-order valence-corrected chi connectivity index (χ2v) is 5.51. The third kappa shape index (κ3) is 3.37. The molecule has 0 aromatic carbocycles. The molecule has 0 aliphatic carbocycles. The second-order valence-electron chi connectivity index (χ2n) is 5.51. The fourth-order valence-corrected chi connectivity index (χ4v) is 2.84. The Morgan fingerprint density at radius 1 is 1.47 bits per heavy atom. The first-order chi connectivity index (χ1) is 9.27. The van der Waals surface area contributed by atoms with E-state index in [1.54, 1.807) is 0 Å². The van der Waals surface area contributed by atoms with E-state index in [9.17, 15) is 0 Å². The van der Waals surface area contributed by atoms with Crippen LogP contribution in [0.5, 0.6) is 0 Å². The number of rotatable bonds is 7. The molecule has 4 heteroatoms. The molecule has 0 amide bonds. The number of aromatic nitrogens is 2. The Hall–Kier alpha value is -0.870. The summed E-state index contributed by atoms with van der Waals surface area (Å²) in [4.78, 5) is 0. The zero-order valence-electron chi connectivity index (χ0n) is 12.4. The van der Waals surface area contributed by atoms with Gasteiger partial charge in [-0.3, -0.25) is 4.68 Å². The van der Waals surface area contributed by atoms with Gasteiger partial charge in [0.15, 0.2) is 0 Å². The quantitative estimate of drug-likeness (QED) is 0.824. The predicted octanol–water partition coefficient (Wildman–Crippen LogP) is 2.76. The number of hydrogen-bond acceptors (Lipinski definition) is 3. The zero-order valence-corrected chi connectivity index (χ0v) is 12.4. The van der Waals surface area contributed by atoms with Gasteiger partial charge in [0.1, 0.15) is 0 Å². The van der Waals surface area contributed by atoms with Crippen LogP contribution in [0.25, 0.3) is 0 Å². The molecule has 1 N–H and O–H groups in total. The van der Waals surface area contributed by atoms with E-state index in [4.69, 9.17) is 4.74 Å². The minimum Gasteiger partial charge on any atom is -0.376 e. The summed E-state index contributed by atoms with van der Waals surface area (Å²) in [6, 6.07) is 2.41. The Labute approximate surface area is 116 Å². The molecule has 0 saturated carbocycles. The molecular weight excluding hydrogens is 238 g/mol. The molecule has 1 aliphatic rings. The van der Waals surface area contributed by atoms with Crippen LogP contribution in [-0.2, 0) is 11.3 Å². The van der Waals surface area contributed by atoms with Crippen LogP contribution in [0.4, 0.5) is 0 Å². The molecule has 2 heterocycles. The van der Waals surface area contributed by atoms with Crippen molar-refractivity contribution in [3.63, 3.8) is 0 Å². The largest absolute Gasteiger partial charge is 0.376 e. The average Bonchev–Trinajstić information content (AvgIpc) is 3.01. The van der Waals surface area contributed by atoms with Crippen molar-refractivity contribution in [3.05, 3.63) is 18.0 Å². The van der Waals surface area contributed by atoms with Crippen LogP contribution in [0, 0.1) is 5.92 Å². The fraction of sp³-hybridized carbons (Fsp3) is 0.800. The number of hydrogen-bond donors (Lipinski definition) is 1. The molecule has 0 spiro atoms. The molecule has 19 heavy (non-hydrogen) atoms. The van der Waals surface area contributed by atoms with Crippen molar-refractivity contribution in [2.24, 2.45) is 5.92 Å². The van der Waals surface area contributed by atoms with Crippen molar-refractivity contribution in [2.75, 3.05) is 13.2 Å². The summed E-state index contributed by atoms with van der Waals surface area (Å²) in [6.45, 7) is 9.57. The van der Waals surface area contributed by atoms with E-state index in [1.165, 1.54) is 5.69 Å². The molecule has 108 valence electrons. The number of ether oxygens (including phenoxy) is 1. The van der Waals surface area contributed by atoms with Crippen LogP contribution in [-0.4, -0.2) is 29.0 Å². The van der Waals surface area contributed by atoms with Gasteiger partial charge in [0.25, 0.3) is 0 Å². The van der Waals surface area contributed by atoms with Gasteiger partial charge in [-0.15, -0.1) is 0 Å². The summed E-state index contributed by atoms with van der Waals surface area (Å²) >= 11 is 0. The van der Waals surface area contributed by atoms with Crippen molar-refractivity contribution in [1.82, 2.24) is 15.1 Å². The lowest BCUT2D eigenvalue weighted by molar-refractivity contribution is 0.0579. The van der Waals surface area contributed by atoms with Crippen molar-refractivity contribution >= 4 is 0 Å². The monoisotopic (exact) mass is 265 g/mol. The number of aryl methyl sites for hydroxylation is 1. The smallest absolute Gasteiger partial charge is 0.0811 e. The number of nitrogens with zero attached hydrogens (tertiary/aromatic N) is 2. The van der Waals surface area contributed by atoms with Gasteiger partial charge in [-0.05, 0) is 37.8 Å². The van der Waals surface area contributed by atoms with E-state index in [2.05, 4.69) is 41.9 Å². The molecule has 1 fully saturated rings. The minimum absolute atomic E-state index is 0.270. The molecule has 0 radical (unpaired) electrons. The van der Waals surface area contributed by atoms with Crippen molar-refractivity contribution in [1.29, 1.82) is 0 Å². The standard InChI is InChI=1S/C15H27N3O/c1-4-8-16-14(15-12(3)7-11-19-15)13-6-9-17-18(13)10-5-2/h6,9,12,14-16H,4-5,7-8,10-11H2,1-3H3. The highest BCUT2D eigenvalue weighted by Crippen LogP contribution is 2.31. The molecule has 2 rings (SSSR count). The van der Waals surface area contributed by atoms with Gasteiger partial charge in [-0.25, -0.2) is 0 Å². The van der Waals surface area contributed by atoms with Gasteiger partial charge in [0.2, 0.25) is 0 Å². The van der Waals surface area contributed by atoms with Gasteiger partial charge in [-0.1, -0.05) is 20.8 Å². The minimum atomic E-state index is 0.270. The van der Waals surface area contributed by atoms with E-state index in [-0.39, 0.29) is 12.1 Å². The van der Waals surface area contributed by atoms with Crippen molar-refractivity contribution in [2.45, 2.75) is 58.7 Å². The predicted molar refractivity (Wildman–Crippen MR) is 77.1 cm³/mol. The topological polar surface area (TPSA) is 39.1 Å². The lowest BCUT2D eigenvalue weighted by atomic mass is 9.95. The Bertz CT molecular complexity index is 377. The molecule has 3 unspecified atom stereocenters. The molecule has 3 atom stereocenters. The van der Waals surface area contributed by atoms with Crippen molar-refractivity contribution in [3.8, 4) is 0 Å². The lowest BCUT2D eigenvalue weighted by Crippen LogP contribution is -2.36. The van der Waals surface area contributed by atoms with E-state index in [0.717, 1.165) is 39.0 Å². The summed E-state index contributed by atoms with van der Waals surface area (Å²) in [5.41, 5.74) is 1.27. The average molecular weight is 265 g/mol. The van der Waals surface area contributed by atoms with E-state index < -0.39 is 0 Å². The maximum atomic E-state index is 5.98. The summed E-state index contributed by atoms with van der Waals surface area (Å²) in [7, 11) is 0. The molecule has 4 nitrogen and oxygen atoms in total. The second kappa shape index (κ2) is 7.06. The van der Waals surface area contributed by atoms with Gasteiger partial charge >= 0.3 is 0 Å². The highest BCUT2D eigenvalue weighted by molar-refractivity contribution is 5.10. The van der Waals surface area contributed by atoms with Gasteiger partial charge in [0, 0.05) is 19.3 Å². The molecule has 1 saturated heterocycles. The first-order valence-electron chi connectivity index (χ1n) is 7.64. The summed E-state index contributed by atoms with van der Waals surface area (Å²) in [5, 5.41) is 8.11. The summed E-state index contributed by atoms with van der Waals surface area (Å²) in [6.07, 6.45) is 5.59. The molecule has 1 aliphatic heterocycles. The highest BCUT2D eigenvalue weighted by Gasteiger charge is 2.34. The third-order valence-electron chi connectivity index (χ3n) is 3.89. The Kier molecular flexibility index (Phi) is 5.40. The first kappa shape index (κ1) is 14.5.